The highest BCUT2D eigenvalue weighted by Crippen LogP contribution is 2.32. The van der Waals surface area contributed by atoms with E-state index < -0.39 is 6.04 Å². The van der Waals surface area contributed by atoms with Crippen molar-refractivity contribution in [3.8, 4) is 0 Å². The van der Waals surface area contributed by atoms with Crippen molar-refractivity contribution in [3.05, 3.63) is 56.0 Å². The molecule has 90 valence electrons. The molecular weight excluding hydrogens is 257 g/mol. The Morgan fingerprint density at radius 3 is 2.53 bits per heavy atom. The number of benzene rings is 1. The number of nitrogens with two attached hydrogens (primary N) is 1. The molecular formula is C13H13ClFNS. The van der Waals surface area contributed by atoms with Crippen molar-refractivity contribution in [2.45, 2.75) is 19.9 Å². The highest BCUT2D eigenvalue weighted by molar-refractivity contribution is 7.16. The molecule has 0 aliphatic rings. The third-order valence-electron chi connectivity index (χ3n) is 2.69. The van der Waals surface area contributed by atoms with Crippen molar-refractivity contribution in [2.75, 3.05) is 0 Å². The van der Waals surface area contributed by atoms with Crippen LogP contribution in [-0.2, 0) is 0 Å². The van der Waals surface area contributed by atoms with E-state index in [0.717, 1.165) is 16.0 Å². The summed E-state index contributed by atoms with van der Waals surface area (Å²) in [4.78, 5) is 0.876. The molecule has 1 aromatic heterocycles. The fourth-order valence-corrected chi connectivity index (χ4v) is 3.03. The van der Waals surface area contributed by atoms with Crippen LogP contribution in [-0.4, -0.2) is 0 Å². The number of hydrogen-bond acceptors (Lipinski definition) is 2. The van der Waals surface area contributed by atoms with Gasteiger partial charge in [-0.1, -0.05) is 17.7 Å². The molecule has 0 fully saturated rings. The molecule has 17 heavy (non-hydrogen) atoms. The van der Waals surface area contributed by atoms with Gasteiger partial charge in [0.25, 0.3) is 0 Å². The lowest BCUT2D eigenvalue weighted by atomic mass is 9.98. The van der Waals surface area contributed by atoms with Crippen LogP contribution < -0.4 is 5.73 Å². The third kappa shape index (κ3) is 2.51. The van der Waals surface area contributed by atoms with Gasteiger partial charge in [-0.3, -0.25) is 0 Å². The molecule has 0 aliphatic carbocycles. The van der Waals surface area contributed by atoms with E-state index in [0.29, 0.717) is 9.90 Å². The van der Waals surface area contributed by atoms with E-state index in [1.807, 2.05) is 26.0 Å². The lowest BCUT2D eigenvalue weighted by molar-refractivity contribution is 0.597. The molecule has 2 rings (SSSR count). The van der Waals surface area contributed by atoms with Gasteiger partial charge in [0.1, 0.15) is 5.82 Å². The average Bonchev–Trinajstić information content (AvgIpc) is 2.63. The summed E-state index contributed by atoms with van der Waals surface area (Å²) in [5.41, 5.74) is 8.42. The highest BCUT2D eigenvalue weighted by Gasteiger charge is 2.18. The van der Waals surface area contributed by atoms with Gasteiger partial charge in [-0.25, -0.2) is 4.39 Å². The number of thiophene rings is 1. The number of halogens is 2. The summed E-state index contributed by atoms with van der Waals surface area (Å²) in [5, 5.41) is 0. The van der Waals surface area contributed by atoms with E-state index in [9.17, 15) is 4.39 Å². The Bertz CT molecular complexity index is 527. The van der Waals surface area contributed by atoms with Gasteiger partial charge >= 0.3 is 0 Å². The Kier molecular flexibility index (Phi) is 3.52. The van der Waals surface area contributed by atoms with E-state index in [1.165, 1.54) is 17.4 Å². The molecule has 0 saturated carbocycles. The van der Waals surface area contributed by atoms with Crippen LogP contribution in [0.4, 0.5) is 4.39 Å². The zero-order valence-electron chi connectivity index (χ0n) is 9.63. The van der Waals surface area contributed by atoms with E-state index in [2.05, 4.69) is 0 Å². The maximum Gasteiger partial charge on any atom is 0.128 e. The van der Waals surface area contributed by atoms with Crippen molar-refractivity contribution in [2.24, 2.45) is 5.73 Å². The summed E-state index contributed by atoms with van der Waals surface area (Å²) >= 11 is 7.25. The standard InChI is InChI=1S/C13H13ClFNS/c1-7-5-8(2)12(9(15)6-7)13(16)10-3-4-11(14)17-10/h3-6,13H,16H2,1-2H3. The Morgan fingerprint density at radius 2 is 2.00 bits per heavy atom. The lowest BCUT2D eigenvalue weighted by Crippen LogP contribution is -2.14. The van der Waals surface area contributed by atoms with E-state index in [4.69, 9.17) is 17.3 Å². The minimum atomic E-state index is -0.451. The summed E-state index contributed by atoms with van der Waals surface area (Å²) in [6.07, 6.45) is 0. The molecule has 1 unspecified atom stereocenters. The molecule has 0 saturated heterocycles. The van der Waals surface area contributed by atoms with Crippen LogP contribution in [0.1, 0.15) is 27.6 Å². The number of hydrogen-bond donors (Lipinski definition) is 1. The lowest BCUT2D eigenvalue weighted by Gasteiger charge is -2.15. The second-order valence-corrected chi connectivity index (χ2v) is 5.84. The summed E-state index contributed by atoms with van der Waals surface area (Å²) in [6.45, 7) is 3.74. The molecule has 1 atom stereocenters. The van der Waals surface area contributed by atoms with Crippen molar-refractivity contribution in [1.82, 2.24) is 0 Å². The monoisotopic (exact) mass is 269 g/mol. The number of rotatable bonds is 2. The molecule has 1 aromatic carbocycles. The summed E-state index contributed by atoms with van der Waals surface area (Å²) < 4.78 is 14.6. The van der Waals surface area contributed by atoms with Gasteiger partial charge in [0, 0.05) is 10.4 Å². The van der Waals surface area contributed by atoms with Gasteiger partial charge in [-0.05, 0) is 43.2 Å². The minimum Gasteiger partial charge on any atom is -0.320 e. The molecule has 1 nitrogen and oxygen atoms in total. The normalized spacial score (nSPS) is 12.8. The molecule has 2 aromatic rings. The topological polar surface area (TPSA) is 26.0 Å². The van der Waals surface area contributed by atoms with Gasteiger partial charge in [-0.2, -0.15) is 0 Å². The third-order valence-corrected chi connectivity index (χ3v) is 4.01. The quantitative estimate of drug-likeness (QED) is 0.869. The van der Waals surface area contributed by atoms with E-state index in [-0.39, 0.29) is 5.82 Å². The number of aryl methyl sites for hydroxylation is 2. The SMILES string of the molecule is Cc1cc(C)c(C(N)c2ccc(Cl)s2)c(F)c1. The first-order valence-corrected chi connectivity index (χ1v) is 6.46. The van der Waals surface area contributed by atoms with Crippen molar-refractivity contribution < 1.29 is 4.39 Å². The van der Waals surface area contributed by atoms with Crippen LogP contribution in [0.2, 0.25) is 4.34 Å². The van der Waals surface area contributed by atoms with Gasteiger partial charge in [0.05, 0.1) is 10.4 Å². The van der Waals surface area contributed by atoms with Gasteiger partial charge in [-0.15, -0.1) is 11.3 Å². The Hall–Kier alpha value is -0.900. The van der Waals surface area contributed by atoms with Crippen molar-refractivity contribution in [1.29, 1.82) is 0 Å². The van der Waals surface area contributed by atoms with Crippen molar-refractivity contribution >= 4 is 22.9 Å². The van der Waals surface area contributed by atoms with Gasteiger partial charge < -0.3 is 5.73 Å². The molecule has 1 heterocycles. The maximum atomic E-state index is 13.9. The van der Waals surface area contributed by atoms with Crippen molar-refractivity contribution in [3.63, 3.8) is 0 Å². The zero-order chi connectivity index (χ0) is 12.6. The van der Waals surface area contributed by atoms with Crippen LogP contribution in [0, 0.1) is 19.7 Å². The molecule has 2 N–H and O–H groups in total. The largest absolute Gasteiger partial charge is 0.320 e. The Balaban J connectivity index is 2.47. The molecule has 0 amide bonds. The van der Waals surface area contributed by atoms with Gasteiger partial charge in [0.15, 0.2) is 0 Å². The molecule has 0 radical (unpaired) electrons. The minimum absolute atomic E-state index is 0.250. The highest BCUT2D eigenvalue weighted by atomic mass is 35.5. The molecule has 0 aliphatic heterocycles. The van der Waals surface area contributed by atoms with E-state index in [1.54, 1.807) is 6.07 Å². The summed E-state index contributed by atoms with van der Waals surface area (Å²) in [5.74, 6) is -0.250. The average molecular weight is 270 g/mol. The van der Waals surface area contributed by atoms with Crippen LogP contribution in [0.5, 0.6) is 0 Å². The smallest absolute Gasteiger partial charge is 0.128 e. The summed E-state index contributed by atoms with van der Waals surface area (Å²) in [7, 11) is 0. The fourth-order valence-electron chi connectivity index (χ4n) is 1.96. The Labute approximate surface area is 109 Å². The first kappa shape index (κ1) is 12.6. The Morgan fingerprint density at radius 1 is 1.29 bits per heavy atom. The van der Waals surface area contributed by atoms with Crippen LogP contribution >= 0.6 is 22.9 Å². The first-order chi connectivity index (χ1) is 7.99. The van der Waals surface area contributed by atoms with Gasteiger partial charge in [0.2, 0.25) is 0 Å². The fraction of sp³-hybridized carbons (Fsp3) is 0.231. The maximum absolute atomic E-state index is 13.9. The predicted molar refractivity (Wildman–Crippen MR) is 71.2 cm³/mol. The van der Waals surface area contributed by atoms with Crippen LogP contribution in [0.15, 0.2) is 24.3 Å². The molecule has 0 bridgehead atoms. The molecule has 4 heteroatoms. The second kappa shape index (κ2) is 4.77. The molecule has 0 spiro atoms. The van der Waals surface area contributed by atoms with Crippen LogP contribution in [0.25, 0.3) is 0 Å². The van der Waals surface area contributed by atoms with Crippen LogP contribution in [0.3, 0.4) is 0 Å². The van der Waals surface area contributed by atoms with E-state index >= 15 is 0 Å². The predicted octanol–water partition coefficient (Wildman–Crippen LogP) is 4.21. The summed E-state index contributed by atoms with van der Waals surface area (Å²) in [6, 6.07) is 6.62. The zero-order valence-corrected chi connectivity index (χ0v) is 11.2. The second-order valence-electron chi connectivity index (χ2n) is 4.10. The first-order valence-electron chi connectivity index (χ1n) is 5.26.